The Labute approximate surface area is 125 Å². The molecule has 1 aromatic carbocycles. The standard InChI is InChI=1S/C14H18BrF2NO2/c1-9-5-6-10(11(15)7-9)14(16,17)8-18-12(19)20-13(2,3)4/h5-7H,8H2,1-4H3,(H,18,19). The van der Waals surface area contributed by atoms with Crippen LogP contribution in [0.25, 0.3) is 0 Å². The van der Waals surface area contributed by atoms with Crippen LogP contribution in [-0.2, 0) is 10.7 Å². The third kappa shape index (κ3) is 5.07. The maximum Gasteiger partial charge on any atom is 0.407 e. The second kappa shape index (κ2) is 6.08. The molecule has 20 heavy (non-hydrogen) atoms. The molecule has 112 valence electrons. The third-order valence-corrected chi connectivity index (χ3v) is 3.03. The fourth-order valence-corrected chi connectivity index (χ4v) is 2.29. The number of amides is 1. The summed E-state index contributed by atoms with van der Waals surface area (Å²) in [4.78, 5) is 11.4. The van der Waals surface area contributed by atoms with Gasteiger partial charge in [-0.3, -0.25) is 0 Å². The Kier molecular flexibility index (Phi) is 5.13. The minimum atomic E-state index is -3.18. The maximum atomic E-state index is 14.0. The summed E-state index contributed by atoms with van der Waals surface area (Å²) in [6.07, 6.45) is -0.861. The van der Waals surface area contributed by atoms with Gasteiger partial charge in [-0.15, -0.1) is 0 Å². The predicted molar refractivity (Wildman–Crippen MR) is 77.0 cm³/mol. The van der Waals surface area contributed by atoms with Crippen molar-refractivity contribution in [2.24, 2.45) is 0 Å². The van der Waals surface area contributed by atoms with E-state index in [1.807, 2.05) is 6.92 Å². The SMILES string of the molecule is Cc1ccc(C(F)(F)CNC(=O)OC(C)(C)C)c(Br)c1. The van der Waals surface area contributed by atoms with Crippen LogP contribution in [-0.4, -0.2) is 18.2 Å². The minimum Gasteiger partial charge on any atom is -0.444 e. The van der Waals surface area contributed by atoms with Crippen LogP contribution >= 0.6 is 15.9 Å². The fourth-order valence-electron chi connectivity index (χ4n) is 1.51. The molecule has 0 atom stereocenters. The molecule has 0 saturated carbocycles. The van der Waals surface area contributed by atoms with Crippen molar-refractivity contribution >= 4 is 22.0 Å². The second-order valence-corrected chi connectivity index (χ2v) is 6.40. The Morgan fingerprint density at radius 1 is 1.35 bits per heavy atom. The zero-order valence-electron chi connectivity index (χ0n) is 11.9. The summed E-state index contributed by atoms with van der Waals surface area (Å²) in [6.45, 7) is 6.00. The molecule has 0 aliphatic heterocycles. The lowest BCUT2D eigenvalue weighted by atomic mass is 10.1. The Balaban J connectivity index is 2.72. The van der Waals surface area contributed by atoms with Gasteiger partial charge in [-0.25, -0.2) is 4.79 Å². The lowest BCUT2D eigenvalue weighted by molar-refractivity contribution is -0.00975. The van der Waals surface area contributed by atoms with Crippen LogP contribution in [0.15, 0.2) is 22.7 Å². The van der Waals surface area contributed by atoms with Gasteiger partial charge in [-0.1, -0.05) is 28.1 Å². The number of alkyl carbamates (subject to hydrolysis) is 1. The van der Waals surface area contributed by atoms with Crippen LogP contribution in [0.1, 0.15) is 31.9 Å². The van der Waals surface area contributed by atoms with Crippen molar-refractivity contribution in [3.05, 3.63) is 33.8 Å². The molecule has 1 amide bonds. The number of rotatable bonds is 3. The molecule has 0 unspecified atom stereocenters. The molecule has 0 aliphatic rings. The smallest absolute Gasteiger partial charge is 0.407 e. The van der Waals surface area contributed by atoms with Gasteiger partial charge in [0, 0.05) is 10.0 Å². The summed E-state index contributed by atoms with van der Waals surface area (Å²) >= 11 is 3.11. The number of hydrogen-bond acceptors (Lipinski definition) is 2. The van der Waals surface area contributed by atoms with Gasteiger partial charge < -0.3 is 10.1 Å². The molecule has 3 nitrogen and oxygen atoms in total. The number of nitrogens with one attached hydrogen (secondary N) is 1. The fraction of sp³-hybridized carbons (Fsp3) is 0.500. The first kappa shape index (κ1) is 16.9. The molecule has 0 aromatic heterocycles. The number of ether oxygens (including phenoxy) is 1. The van der Waals surface area contributed by atoms with Crippen LogP contribution in [0.2, 0.25) is 0 Å². The second-order valence-electron chi connectivity index (χ2n) is 5.54. The summed E-state index contributed by atoms with van der Waals surface area (Å²) in [6, 6.07) is 4.55. The number of benzene rings is 1. The molecule has 0 heterocycles. The monoisotopic (exact) mass is 349 g/mol. The summed E-state index contributed by atoms with van der Waals surface area (Å²) in [5, 5.41) is 2.09. The number of aryl methyl sites for hydroxylation is 1. The van der Waals surface area contributed by atoms with E-state index in [1.165, 1.54) is 6.07 Å². The van der Waals surface area contributed by atoms with Gasteiger partial charge in [0.25, 0.3) is 5.92 Å². The largest absolute Gasteiger partial charge is 0.444 e. The molecule has 1 N–H and O–H groups in total. The summed E-state index contributed by atoms with van der Waals surface area (Å²) in [7, 11) is 0. The van der Waals surface area contributed by atoms with Crippen LogP contribution in [0, 0.1) is 6.92 Å². The zero-order chi connectivity index (χ0) is 15.6. The van der Waals surface area contributed by atoms with Crippen molar-refractivity contribution in [2.45, 2.75) is 39.2 Å². The molecule has 0 radical (unpaired) electrons. The van der Waals surface area contributed by atoms with Gasteiger partial charge in [0.15, 0.2) is 0 Å². The van der Waals surface area contributed by atoms with E-state index in [4.69, 9.17) is 4.74 Å². The normalized spacial score (nSPS) is 12.2. The molecule has 1 rings (SSSR count). The van der Waals surface area contributed by atoms with Crippen molar-refractivity contribution in [3.63, 3.8) is 0 Å². The van der Waals surface area contributed by atoms with Crippen molar-refractivity contribution in [3.8, 4) is 0 Å². The highest BCUT2D eigenvalue weighted by Crippen LogP contribution is 2.33. The molecule has 0 fully saturated rings. The Hall–Kier alpha value is -1.17. The average molecular weight is 350 g/mol. The van der Waals surface area contributed by atoms with Crippen LogP contribution < -0.4 is 5.32 Å². The highest BCUT2D eigenvalue weighted by molar-refractivity contribution is 9.10. The summed E-state index contributed by atoms with van der Waals surface area (Å²) in [5.74, 6) is -3.18. The van der Waals surface area contributed by atoms with E-state index >= 15 is 0 Å². The molecule has 0 spiro atoms. The third-order valence-electron chi connectivity index (χ3n) is 2.37. The number of carbonyl (C=O) groups is 1. The summed E-state index contributed by atoms with van der Waals surface area (Å²) < 4.78 is 33.3. The van der Waals surface area contributed by atoms with E-state index in [0.717, 1.165) is 5.56 Å². The lowest BCUT2D eigenvalue weighted by Crippen LogP contribution is -2.38. The molecule has 0 aliphatic carbocycles. The Morgan fingerprint density at radius 2 is 1.95 bits per heavy atom. The van der Waals surface area contributed by atoms with Crippen molar-refractivity contribution < 1.29 is 18.3 Å². The minimum absolute atomic E-state index is 0.167. The number of halogens is 3. The topological polar surface area (TPSA) is 38.3 Å². The molecule has 1 aromatic rings. The van der Waals surface area contributed by atoms with Crippen molar-refractivity contribution in [1.82, 2.24) is 5.32 Å². The van der Waals surface area contributed by atoms with Crippen molar-refractivity contribution in [2.75, 3.05) is 6.54 Å². The predicted octanol–water partition coefficient (Wildman–Crippen LogP) is 4.37. The van der Waals surface area contributed by atoms with Crippen molar-refractivity contribution in [1.29, 1.82) is 0 Å². The van der Waals surface area contributed by atoms with E-state index in [2.05, 4.69) is 21.2 Å². The van der Waals surface area contributed by atoms with E-state index in [9.17, 15) is 13.6 Å². The van der Waals surface area contributed by atoms with Gasteiger partial charge in [0.05, 0.1) is 6.54 Å². The van der Waals surface area contributed by atoms with Gasteiger partial charge in [0.1, 0.15) is 5.60 Å². The highest BCUT2D eigenvalue weighted by atomic mass is 79.9. The van der Waals surface area contributed by atoms with Gasteiger partial charge in [-0.05, 0) is 39.3 Å². The van der Waals surface area contributed by atoms with Gasteiger partial charge >= 0.3 is 6.09 Å². The van der Waals surface area contributed by atoms with E-state index in [0.29, 0.717) is 4.47 Å². The Morgan fingerprint density at radius 3 is 2.45 bits per heavy atom. The number of carbonyl (C=O) groups excluding carboxylic acids is 1. The van der Waals surface area contributed by atoms with E-state index in [1.54, 1.807) is 32.9 Å². The number of hydrogen-bond donors (Lipinski definition) is 1. The molecule has 0 saturated heterocycles. The highest BCUT2D eigenvalue weighted by Gasteiger charge is 2.34. The maximum absolute atomic E-state index is 14.0. The number of alkyl halides is 2. The van der Waals surface area contributed by atoms with E-state index < -0.39 is 24.2 Å². The zero-order valence-corrected chi connectivity index (χ0v) is 13.5. The van der Waals surface area contributed by atoms with Gasteiger partial charge in [-0.2, -0.15) is 8.78 Å². The van der Waals surface area contributed by atoms with Gasteiger partial charge in [0.2, 0.25) is 0 Å². The first-order chi connectivity index (χ1) is 9.01. The van der Waals surface area contributed by atoms with E-state index in [-0.39, 0.29) is 5.56 Å². The van der Waals surface area contributed by atoms with Crippen LogP contribution in [0.3, 0.4) is 0 Å². The summed E-state index contributed by atoms with van der Waals surface area (Å²) in [5.41, 5.74) is -0.0141. The molecular weight excluding hydrogens is 332 g/mol. The first-order valence-electron chi connectivity index (χ1n) is 6.12. The average Bonchev–Trinajstić information content (AvgIpc) is 2.23. The molecule has 6 heteroatoms. The first-order valence-corrected chi connectivity index (χ1v) is 6.92. The lowest BCUT2D eigenvalue weighted by Gasteiger charge is -2.22. The van der Waals surface area contributed by atoms with Crippen LogP contribution in [0.4, 0.5) is 13.6 Å². The Bertz CT molecular complexity index is 498. The molecule has 0 bridgehead atoms. The quantitative estimate of drug-likeness (QED) is 0.879. The van der Waals surface area contributed by atoms with Crippen LogP contribution in [0.5, 0.6) is 0 Å². The molecular formula is C14H18BrF2NO2.